The molecule has 0 spiro atoms. The molecule has 0 aliphatic carbocycles. The topological polar surface area (TPSA) is 84.4 Å². The standard InChI is InChI=1S/C18H22N4O3S/c1-3-12-5-7-14(8-6-12)22-10-13(9-16(22)23)17(24)19-18-21-20-15(26-18)11-25-4-2/h5-8,13H,3-4,9-11H2,1-2H3,(H,19,21,24)/t13-/m1/s1. The number of carbonyl (C=O) groups is 2. The first-order valence-corrected chi connectivity index (χ1v) is 9.52. The SMILES string of the molecule is CCOCc1nnc(NC(=O)[C@@H]2CC(=O)N(c3ccc(CC)cc3)C2)s1. The van der Waals surface area contributed by atoms with Crippen LogP contribution in [0.1, 0.15) is 30.8 Å². The van der Waals surface area contributed by atoms with Crippen molar-refractivity contribution >= 4 is 34.0 Å². The lowest BCUT2D eigenvalue weighted by Gasteiger charge is -2.16. The number of hydrogen-bond acceptors (Lipinski definition) is 6. The number of ether oxygens (including phenoxy) is 1. The molecule has 1 fully saturated rings. The van der Waals surface area contributed by atoms with Gasteiger partial charge in [0.05, 0.1) is 5.92 Å². The van der Waals surface area contributed by atoms with Gasteiger partial charge in [-0.3, -0.25) is 9.59 Å². The van der Waals surface area contributed by atoms with Crippen LogP contribution in [0.5, 0.6) is 0 Å². The Balaban J connectivity index is 1.60. The van der Waals surface area contributed by atoms with Crippen molar-refractivity contribution < 1.29 is 14.3 Å². The van der Waals surface area contributed by atoms with E-state index in [1.165, 1.54) is 16.9 Å². The molecule has 1 N–H and O–H groups in total. The fraction of sp³-hybridized carbons (Fsp3) is 0.444. The minimum absolute atomic E-state index is 0.0382. The highest BCUT2D eigenvalue weighted by Gasteiger charge is 2.35. The Labute approximate surface area is 156 Å². The van der Waals surface area contributed by atoms with Crippen LogP contribution < -0.4 is 10.2 Å². The maximum absolute atomic E-state index is 12.5. The van der Waals surface area contributed by atoms with Gasteiger partial charge in [-0.15, -0.1) is 10.2 Å². The highest BCUT2D eigenvalue weighted by atomic mass is 32.1. The maximum Gasteiger partial charge on any atom is 0.231 e. The largest absolute Gasteiger partial charge is 0.374 e. The molecule has 2 heterocycles. The van der Waals surface area contributed by atoms with Crippen LogP contribution in [-0.2, 0) is 27.4 Å². The van der Waals surface area contributed by atoms with Crippen molar-refractivity contribution in [3.63, 3.8) is 0 Å². The minimum Gasteiger partial charge on any atom is -0.374 e. The molecule has 1 aliphatic heterocycles. The summed E-state index contributed by atoms with van der Waals surface area (Å²) in [5.41, 5.74) is 2.05. The number of aryl methyl sites for hydroxylation is 1. The molecule has 0 unspecified atom stereocenters. The number of hydrogen-bond donors (Lipinski definition) is 1. The van der Waals surface area contributed by atoms with E-state index in [0.717, 1.165) is 12.1 Å². The first-order valence-electron chi connectivity index (χ1n) is 8.71. The third-order valence-electron chi connectivity index (χ3n) is 4.28. The van der Waals surface area contributed by atoms with E-state index in [0.29, 0.717) is 29.9 Å². The second-order valence-electron chi connectivity index (χ2n) is 6.05. The molecule has 0 radical (unpaired) electrons. The van der Waals surface area contributed by atoms with Crippen molar-refractivity contribution in [3.8, 4) is 0 Å². The number of amides is 2. The summed E-state index contributed by atoms with van der Waals surface area (Å²) in [6.45, 7) is 5.35. The van der Waals surface area contributed by atoms with Crippen LogP contribution in [0.2, 0.25) is 0 Å². The molecule has 138 valence electrons. The number of carbonyl (C=O) groups excluding carboxylic acids is 2. The molecule has 26 heavy (non-hydrogen) atoms. The summed E-state index contributed by atoms with van der Waals surface area (Å²) in [6, 6.07) is 7.89. The number of aromatic nitrogens is 2. The van der Waals surface area contributed by atoms with Gasteiger partial charge in [-0.1, -0.05) is 30.4 Å². The first-order chi connectivity index (χ1) is 12.6. The zero-order valence-corrected chi connectivity index (χ0v) is 15.7. The molecule has 0 bridgehead atoms. The third-order valence-corrected chi connectivity index (χ3v) is 5.09. The van der Waals surface area contributed by atoms with Crippen molar-refractivity contribution in [1.29, 1.82) is 0 Å². The van der Waals surface area contributed by atoms with E-state index in [2.05, 4.69) is 22.4 Å². The van der Waals surface area contributed by atoms with Gasteiger partial charge in [0.1, 0.15) is 11.6 Å². The normalized spacial score (nSPS) is 16.9. The van der Waals surface area contributed by atoms with E-state index in [1.807, 2.05) is 31.2 Å². The Morgan fingerprint density at radius 1 is 1.31 bits per heavy atom. The number of rotatable bonds is 7. The van der Waals surface area contributed by atoms with Gasteiger partial charge in [0, 0.05) is 25.3 Å². The lowest BCUT2D eigenvalue weighted by Crippen LogP contribution is -2.28. The van der Waals surface area contributed by atoms with Crippen molar-refractivity contribution in [2.75, 3.05) is 23.4 Å². The number of anilines is 2. The Bertz CT molecular complexity index is 775. The smallest absolute Gasteiger partial charge is 0.231 e. The molecule has 0 saturated carbocycles. The average molecular weight is 374 g/mol. The maximum atomic E-state index is 12.5. The summed E-state index contributed by atoms with van der Waals surface area (Å²) in [7, 11) is 0. The monoisotopic (exact) mass is 374 g/mol. The van der Waals surface area contributed by atoms with E-state index in [4.69, 9.17) is 4.74 Å². The van der Waals surface area contributed by atoms with E-state index in [9.17, 15) is 9.59 Å². The lowest BCUT2D eigenvalue weighted by molar-refractivity contribution is -0.122. The average Bonchev–Trinajstić information content (AvgIpc) is 3.26. The zero-order valence-electron chi connectivity index (χ0n) is 14.9. The fourth-order valence-corrected chi connectivity index (χ4v) is 3.48. The van der Waals surface area contributed by atoms with Crippen LogP contribution in [0.25, 0.3) is 0 Å². The van der Waals surface area contributed by atoms with Gasteiger partial charge in [-0.25, -0.2) is 0 Å². The molecular formula is C18H22N4O3S. The highest BCUT2D eigenvalue weighted by molar-refractivity contribution is 7.15. The molecule has 1 aliphatic rings. The Kier molecular flexibility index (Phi) is 5.95. The number of nitrogens with one attached hydrogen (secondary N) is 1. The molecule has 8 heteroatoms. The van der Waals surface area contributed by atoms with Crippen LogP contribution in [0.3, 0.4) is 0 Å². The summed E-state index contributed by atoms with van der Waals surface area (Å²) in [5, 5.41) is 11.8. The van der Waals surface area contributed by atoms with E-state index in [-0.39, 0.29) is 18.2 Å². The second-order valence-corrected chi connectivity index (χ2v) is 7.11. The molecule has 1 saturated heterocycles. The van der Waals surface area contributed by atoms with E-state index >= 15 is 0 Å². The van der Waals surface area contributed by atoms with Gasteiger partial charge in [0.15, 0.2) is 0 Å². The van der Waals surface area contributed by atoms with Gasteiger partial charge >= 0.3 is 0 Å². The zero-order chi connectivity index (χ0) is 18.5. The van der Waals surface area contributed by atoms with E-state index < -0.39 is 5.92 Å². The third kappa shape index (κ3) is 4.25. The Hall–Kier alpha value is -2.32. The summed E-state index contributed by atoms with van der Waals surface area (Å²) < 4.78 is 5.28. The molecule has 1 atom stereocenters. The molecular weight excluding hydrogens is 352 g/mol. The van der Waals surface area contributed by atoms with E-state index in [1.54, 1.807) is 4.90 Å². The Morgan fingerprint density at radius 3 is 2.77 bits per heavy atom. The van der Waals surface area contributed by atoms with Crippen LogP contribution in [-0.4, -0.2) is 35.2 Å². The van der Waals surface area contributed by atoms with Crippen molar-refractivity contribution in [1.82, 2.24) is 10.2 Å². The number of nitrogens with zero attached hydrogens (tertiary/aromatic N) is 3. The van der Waals surface area contributed by atoms with Crippen LogP contribution in [0, 0.1) is 5.92 Å². The highest BCUT2D eigenvalue weighted by Crippen LogP contribution is 2.27. The molecule has 7 nitrogen and oxygen atoms in total. The minimum atomic E-state index is -0.396. The summed E-state index contributed by atoms with van der Waals surface area (Å²) in [6.07, 6.45) is 1.15. The second kappa shape index (κ2) is 8.37. The number of benzene rings is 1. The quantitative estimate of drug-likeness (QED) is 0.805. The van der Waals surface area contributed by atoms with Gasteiger partial charge in [-0.05, 0) is 31.0 Å². The van der Waals surface area contributed by atoms with Crippen LogP contribution >= 0.6 is 11.3 Å². The summed E-state index contributed by atoms with van der Waals surface area (Å²) in [4.78, 5) is 26.5. The van der Waals surface area contributed by atoms with Crippen molar-refractivity contribution in [2.45, 2.75) is 33.3 Å². The summed E-state index contributed by atoms with van der Waals surface area (Å²) >= 11 is 1.28. The van der Waals surface area contributed by atoms with Gasteiger partial charge < -0.3 is 15.0 Å². The first kappa shape index (κ1) is 18.5. The molecule has 1 aromatic heterocycles. The fourth-order valence-electron chi connectivity index (χ4n) is 2.80. The Morgan fingerprint density at radius 2 is 2.08 bits per heavy atom. The molecule has 2 amide bonds. The molecule has 1 aromatic carbocycles. The molecule has 3 rings (SSSR count). The van der Waals surface area contributed by atoms with Crippen molar-refractivity contribution in [3.05, 3.63) is 34.8 Å². The van der Waals surface area contributed by atoms with Gasteiger partial charge in [-0.2, -0.15) is 0 Å². The van der Waals surface area contributed by atoms with Gasteiger partial charge in [0.2, 0.25) is 16.9 Å². The predicted octanol–water partition coefficient (Wildman–Crippen LogP) is 2.63. The van der Waals surface area contributed by atoms with Gasteiger partial charge in [0.25, 0.3) is 0 Å². The van der Waals surface area contributed by atoms with Crippen LogP contribution in [0.15, 0.2) is 24.3 Å². The molecule has 2 aromatic rings. The lowest BCUT2D eigenvalue weighted by atomic mass is 10.1. The van der Waals surface area contributed by atoms with Crippen LogP contribution in [0.4, 0.5) is 10.8 Å². The predicted molar refractivity (Wildman–Crippen MR) is 100 cm³/mol. The van der Waals surface area contributed by atoms with Crippen molar-refractivity contribution in [2.24, 2.45) is 5.92 Å². The summed E-state index contributed by atoms with van der Waals surface area (Å²) in [5.74, 6) is -0.638.